The minimum Gasteiger partial charge on any atom is -0.378 e. The average Bonchev–Trinajstić information content (AvgIpc) is 3.56. The van der Waals surface area contributed by atoms with Gasteiger partial charge in [0.2, 0.25) is 5.82 Å². The Hall–Kier alpha value is -2.90. The first-order valence-corrected chi connectivity index (χ1v) is 13.0. The molecular formula is C23H23F4N5O3S. The summed E-state index contributed by atoms with van der Waals surface area (Å²) < 4.78 is 78.7. The highest BCUT2D eigenvalue weighted by atomic mass is 32.2. The van der Waals surface area contributed by atoms with Crippen LogP contribution < -0.4 is 5.32 Å². The van der Waals surface area contributed by atoms with Crippen molar-refractivity contribution in [3.05, 3.63) is 65.8 Å². The summed E-state index contributed by atoms with van der Waals surface area (Å²) in [4.78, 5) is 6.77. The van der Waals surface area contributed by atoms with E-state index in [9.17, 15) is 31.1 Å². The van der Waals surface area contributed by atoms with E-state index in [0.29, 0.717) is 18.4 Å². The highest BCUT2D eigenvalue weighted by molar-refractivity contribution is 7.92. The lowest BCUT2D eigenvalue weighted by Crippen LogP contribution is -2.55. The molecule has 3 aromatic rings. The van der Waals surface area contributed by atoms with Crippen molar-refractivity contribution < 1.29 is 31.1 Å². The third-order valence-electron chi connectivity index (χ3n) is 6.51. The average molecular weight is 526 g/mol. The molecule has 2 aliphatic carbocycles. The summed E-state index contributed by atoms with van der Waals surface area (Å²) in [6, 6.07) is 4.19. The third-order valence-corrected chi connectivity index (χ3v) is 8.80. The molecule has 2 heterocycles. The van der Waals surface area contributed by atoms with Crippen LogP contribution in [-0.2, 0) is 22.4 Å². The van der Waals surface area contributed by atoms with E-state index in [1.54, 1.807) is 6.20 Å². The van der Waals surface area contributed by atoms with Crippen LogP contribution in [0.2, 0.25) is 0 Å². The summed E-state index contributed by atoms with van der Waals surface area (Å²) in [7, 11) is -3.69. The van der Waals surface area contributed by atoms with Gasteiger partial charge in [0.25, 0.3) is 0 Å². The molecule has 1 unspecified atom stereocenters. The first kappa shape index (κ1) is 24.8. The molecule has 13 heteroatoms. The van der Waals surface area contributed by atoms with E-state index >= 15 is 0 Å². The number of halogens is 4. The normalized spacial score (nSPS) is 21.2. The lowest BCUT2D eigenvalue weighted by atomic mass is 9.92. The van der Waals surface area contributed by atoms with Gasteiger partial charge in [-0.25, -0.2) is 27.5 Å². The summed E-state index contributed by atoms with van der Waals surface area (Å²) in [5, 5.41) is 17.4. The molecule has 192 valence electrons. The molecule has 2 aliphatic rings. The summed E-state index contributed by atoms with van der Waals surface area (Å²) in [6.45, 7) is 0. The molecule has 0 amide bonds. The molecule has 0 saturated heterocycles. The van der Waals surface area contributed by atoms with Gasteiger partial charge in [0, 0.05) is 24.6 Å². The van der Waals surface area contributed by atoms with Crippen LogP contribution in [0.4, 0.5) is 17.6 Å². The second kappa shape index (κ2) is 9.20. The zero-order chi connectivity index (χ0) is 25.7. The van der Waals surface area contributed by atoms with Crippen molar-refractivity contribution in [3.8, 4) is 5.69 Å². The largest absolute Gasteiger partial charge is 0.451 e. The summed E-state index contributed by atoms with van der Waals surface area (Å²) >= 11 is 0. The van der Waals surface area contributed by atoms with E-state index in [1.807, 2.05) is 0 Å². The highest BCUT2D eigenvalue weighted by Crippen LogP contribution is 2.41. The standard InChI is InChI=1S/C23H23F4N5O3S/c24-15-3-5-17(6-4-15)36(34,35)19-8-7-18(19)30-20(33)9-14-12-32(31-21(14)13-1-2-13)16-10-28-22(29-11-16)23(25,26)27/h3-6,10-13,18-20,30,33H,1-2,7-9H2/t18-,19+,20?/m1/s1. The minimum atomic E-state index is -4.65. The molecule has 0 bridgehead atoms. The van der Waals surface area contributed by atoms with E-state index < -0.39 is 45.2 Å². The smallest absolute Gasteiger partial charge is 0.378 e. The zero-order valence-corrected chi connectivity index (χ0v) is 19.7. The van der Waals surface area contributed by atoms with Crippen LogP contribution in [0.25, 0.3) is 5.69 Å². The van der Waals surface area contributed by atoms with Crippen LogP contribution in [0, 0.1) is 5.82 Å². The maximum atomic E-state index is 13.2. The van der Waals surface area contributed by atoms with Crippen molar-refractivity contribution in [1.29, 1.82) is 0 Å². The van der Waals surface area contributed by atoms with Crippen LogP contribution in [-0.4, -0.2) is 50.8 Å². The maximum absolute atomic E-state index is 13.2. The molecule has 0 aliphatic heterocycles. The van der Waals surface area contributed by atoms with Gasteiger partial charge in [-0.15, -0.1) is 0 Å². The van der Waals surface area contributed by atoms with Crippen LogP contribution in [0.15, 0.2) is 47.8 Å². The molecule has 8 nitrogen and oxygen atoms in total. The number of rotatable bonds is 8. The van der Waals surface area contributed by atoms with Gasteiger partial charge in [-0.2, -0.15) is 18.3 Å². The third kappa shape index (κ3) is 5.00. The van der Waals surface area contributed by atoms with Crippen LogP contribution in [0.5, 0.6) is 0 Å². The fraction of sp³-hybridized carbons (Fsp3) is 0.435. The van der Waals surface area contributed by atoms with Gasteiger partial charge in [-0.05, 0) is 55.5 Å². The number of alkyl halides is 3. The number of aliphatic hydroxyl groups excluding tert-OH is 1. The number of sulfone groups is 1. The summed E-state index contributed by atoms with van der Waals surface area (Å²) in [6.07, 6.45) is 0.921. The number of benzene rings is 1. The Bertz CT molecular complexity index is 1340. The Morgan fingerprint density at radius 1 is 1.08 bits per heavy atom. The number of nitrogens with one attached hydrogen (secondary N) is 1. The van der Waals surface area contributed by atoms with Gasteiger partial charge in [0.05, 0.1) is 28.2 Å². The van der Waals surface area contributed by atoms with Crippen LogP contribution >= 0.6 is 0 Å². The molecular weight excluding hydrogens is 502 g/mol. The lowest BCUT2D eigenvalue weighted by Gasteiger charge is -2.38. The van der Waals surface area contributed by atoms with Crippen molar-refractivity contribution in [2.45, 2.75) is 66.6 Å². The number of aliphatic hydroxyl groups is 1. The van der Waals surface area contributed by atoms with E-state index in [2.05, 4.69) is 20.4 Å². The summed E-state index contributed by atoms with van der Waals surface area (Å²) in [5.41, 5.74) is 1.69. The SMILES string of the molecule is O=S(=O)(c1ccc(F)cc1)[C@H]1CC[C@H]1NC(O)Cc1cn(-c2cnc(C(F)(F)F)nc2)nc1C1CC1. The fourth-order valence-electron chi connectivity index (χ4n) is 4.34. The molecule has 0 spiro atoms. The molecule has 2 fully saturated rings. The molecule has 3 atom stereocenters. The van der Waals surface area contributed by atoms with Gasteiger partial charge in [-0.1, -0.05) is 0 Å². The first-order valence-electron chi connectivity index (χ1n) is 11.4. The van der Waals surface area contributed by atoms with Crippen molar-refractivity contribution in [3.63, 3.8) is 0 Å². The second-order valence-corrected chi connectivity index (χ2v) is 11.3. The number of hydrogen-bond donors (Lipinski definition) is 2. The van der Waals surface area contributed by atoms with Gasteiger partial charge in [0.1, 0.15) is 17.7 Å². The molecule has 2 saturated carbocycles. The van der Waals surface area contributed by atoms with Crippen molar-refractivity contribution >= 4 is 9.84 Å². The molecule has 5 rings (SSSR count). The summed E-state index contributed by atoms with van der Waals surface area (Å²) in [5.74, 6) is -1.58. The highest BCUT2D eigenvalue weighted by Gasteiger charge is 2.42. The number of hydrogen-bond acceptors (Lipinski definition) is 7. The molecule has 36 heavy (non-hydrogen) atoms. The van der Waals surface area contributed by atoms with Crippen molar-refractivity contribution in [1.82, 2.24) is 25.1 Å². The van der Waals surface area contributed by atoms with Crippen molar-refractivity contribution in [2.24, 2.45) is 0 Å². The molecule has 2 N–H and O–H groups in total. The molecule has 0 radical (unpaired) electrons. The Kier molecular flexibility index (Phi) is 6.33. The Morgan fingerprint density at radius 2 is 1.75 bits per heavy atom. The fourth-order valence-corrected chi connectivity index (χ4v) is 6.30. The maximum Gasteiger partial charge on any atom is 0.451 e. The van der Waals surface area contributed by atoms with Gasteiger partial charge >= 0.3 is 6.18 Å². The quantitative estimate of drug-likeness (QED) is 0.264. The second-order valence-electron chi connectivity index (χ2n) is 9.13. The van der Waals surface area contributed by atoms with E-state index in [-0.39, 0.29) is 22.9 Å². The first-order chi connectivity index (χ1) is 17.0. The topological polar surface area (TPSA) is 110 Å². The zero-order valence-electron chi connectivity index (χ0n) is 18.9. The Morgan fingerprint density at radius 3 is 2.31 bits per heavy atom. The predicted octanol–water partition coefficient (Wildman–Crippen LogP) is 3.15. The predicted molar refractivity (Wildman–Crippen MR) is 119 cm³/mol. The van der Waals surface area contributed by atoms with Crippen LogP contribution in [0.1, 0.15) is 48.7 Å². The Balaban J connectivity index is 1.29. The van der Waals surface area contributed by atoms with Gasteiger partial charge in [0.15, 0.2) is 9.84 Å². The van der Waals surface area contributed by atoms with Gasteiger partial charge in [-0.3, -0.25) is 5.32 Å². The Labute approximate surface area is 204 Å². The lowest BCUT2D eigenvalue weighted by molar-refractivity contribution is -0.145. The minimum absolute atomic E-state index is 0.0333. The van der Waals surface area contributed by atoms with E-state index in [1.165, 1.54) is 16.8 Å². The van der Waals surface area contributed by atoms with Crippen molar-refractivity contribution in [2.75, 3.05) is 0 Å². The van der Waals surface area contributed by atoms with E-state index in [4.69, 9.17) is 0 Å². The van der Waals surface area contributed by atoms with Gasteiger partial charge < -0.3 is 5.11 Å². The van der Waals surface area contributed by atoms with E-state index in [0.717, 1.165) is 43.1 Å². The number of nitrogens with zero attached hydrogens (tertiary/aromatic N) is 4. The molecule has 2 aromatic heterocycles. The van der Waals surface area contributed by atoms with Crippen LogP contribution in [0.3, 0.4) is 0 Å². The number of aromatic nitrogens is 4. The molecule has 1 aromatic carbocycles. The monoisotopic (exact) mass is 525 g/mol.